The molecule has 28 heavy (non-hydrogen) atoms. The number of amides is 1. The summed E-state index contributed by atoms with van der Waals surface area (Å²) in [5, 5.41) is 3.80. The first kappa shape index (κ1) is 17.7. The molecule has 0 aliphatic carbocycles. The van der Waals surface area contributed by atoms with Crippen molar-refractivity contribution in [3.63, 3.8) is 0 Å². The van der Waals surface area contributed by atoms with Crippen LogP contribution < -0.4 is 4.90 Å². The number of anilines is 1. The molecule has 0 saturated heterocycles. The van der Waals surface area contributed by atoms with E-state index in [0.29, 0.717) is 17.3 Å². The molecule has 0 atom stereocenters. The van der Waals surface area contributed by atoms with E-state index in [4.69, 9.17) is 4.52 Å². The topological polar surface area (TPSA) is 59.2 Å². The van der Waals surface area contributed by atoms with Crippen molar-refractivity contribution in [2.24, 2.45) is 0 Å². The molecule has 0 N–H and O–H groups in total. The predicted octanol–water partition coefficient (Wildman–Crippen LogP) is 4.99. The molecule has 0 fully saturated rings. The number of benzene rings is 3. The second kappa shape index (κ2) is 7.48. The molecule has 1 heterocycles. The number of aryl methyl sites for hydroxylation is 1. The fraction of sp³-hybridized carbons (Fsp3) is 0.0870. The van der Waals surface area contributed by atoms with Gasteiger partial charge < -0.3 is 9.42 Å². The standard InChI is InChI=1S/C23H19N3O2/c1-16-24-22(28-25-16)18-12-14-19(15-13-18)23(27)26(2)21-11-7-6-10-20(21)17-8-4-3-5-9-17/h3-15H,1-2H3. The van der Waals surface area contributed by atoms with Crippen LogP contribution in [-0.4, -0.2) is 23.1 Å². The van der Waals surface area contributed by atoms with Gasteiger partial charge in [-0.15, -0.1) is 0 Å². The summed E-state index contributed by atoms with van der Waals surface area (Å²) in [6.07, 6.45) is 0. The lowest BCUT2D eigenvalue weighted by Crippen LogP contribution is -2.26. The number of carbonyl (C=O) groups is 1. The second-order valence-electron chi connectivity index (χ2n) is 6.47. The Bertz CT molecular complexity index is 1100. The van der Waals surface area contributed by atoms with Crippen molar-refractivity contribution < 1.29 is 9.32 Å². The third kappa shape index (κ3) is 3.42. The van der Waals surface area contributed by atoms with Crippen molar-refractivity contribution in [3.05, 3.63) is 90.3 Å². The van der Waals surface area contributed by atoms with Gasteiger partial charge in [0, 0.05) is 23.7 Å². The average Bonchev–Trinajstić information content (AvgIpc) is 3.20. The van der Waals surface area contributed by atoms with Crippen LogP contribution in [0.15, 0.2) is 83.4 Å². The maximum absolute atomic E-state index is 13.1. The Kier molecular flexibility index (Phi) is 4.72. The summed E-state index contributed by atoms with van der Waals surface area (Å²) in [6.45, 7) is 1.77. The van der Waals surface area contributed by atoms with Gasteiger partial charge in [-0.2, -0.15) is 4.98 Å². The number of hydrogen-bond acceptors (Lipinski definition) is 4. The molecule has 4 aromatic rings. The van der Waals surface area contributed by atoms with E-state index < -0.39 is 0 Å². The van der Waals surface area contributed by atoms with Crippen molar-refractivity contribution in [1.82, 2.24) is 10.1 Å². The monoisotopic (exact) mass is 369 g/mol. The Morgan fingerprint density at radius 1 is 0.857 bits per heavy atom. The zero-order chi connectivity index (χ0) is 19.5. The lowest BCUT2D eigenvalue weighted by Gasteiger charge is -2.21. The van der Waals surface area contributed by atoms with E-state index in [0.717, 1.165) is 22.4 Å². The third-order valence-electron chi connectivity index (χ3n) is 4.56. The number of rotatable bonds is 4. The average molecular weight is 369 g/mol. The van der Waals surface area contributed by atoms with Crippen LogP contribution in [0.5, 0.6) is 0 Å². The SMILES string of the molecule is Cc1noc(-c2ccc(C(=O)N(C)c3ccccc3-c3ccccc3)cc2)n1. The Morgan fingerprint density at radius 3 is 2.21 bits per heavy atom. The van der Waals surface area contributed by atoms with E-state index in [1.54, 1.807) is 31.0 Å². The Morgan fingerprint density at radius 2 is 1.54 bits per heavy atom. The number of carbonyl (C=O) groups excluding carboxylic acids is 1. The van der Waals surface area contributed by atoms with Gasteiger partial charge in [-0.25, -0.2) is 0 Å². The number of aromatic nitrogens is 2. The number of hydrogen-bond donors (Lipinski definition) is 0. The molecule has 0 bridgehead atoms. The highest BCUT2D eigenvalue weighted by Gasteiger charge is 2.17. The van der Waals surface area contributed by atoms with Gasteiger partial charge in [0.25, 0.3) is 11.8 Å². The first-order valence-corrected chi connectivity index (χ1v) is 8.97. The molecule has 0 aliphatic heterocycles. The predicted molar refractivity (Wildman–Crippen MR) is 109 cm³/mol. The minimum absolute atomic E-state index is 0.0864. The lowest BCUT2D eigenvalue weighted by molar-refractivity contribution is 0.0993. The summed E-state index contributed by atoms with van der Waals surface area (Å²) in [4.78, 5) is 18.9. The van der Waals surface area contributed by atoms with E-state index in [-0.39, 0.29) is 5.91 Å². The fourth-order valence-corrected chi connectivity index (χ4v) is 3.10. The Balaban J connectivity index is 1.62. The summed E-state index contributed by atoms with van der Waals surface area (Å²) in [6, 6.07) is 25.1. The molecule has 0 aliphatic rings. The van der Waals surface area contributed by atoms with Crippen molar-refractivity contribution >= 4 is 11.6 Å². The van der Waals surface area contributed by atoms with Gasteiger partial charge in [0.15, 0.2) is 5.82 Å². The molecule has 5 heteroatoms. The number of nitrogens with zero attached hydrogens (tertiary/aromatic N) is 3. The third-order valence-corrected chi connectivity index (χ3v) is 4.56. The first-order valence-electron chi connectivity index (χ1n) is 8.97. The van der Waals surface area contributed by atoms with Crippen molar-refractivity contribution in [2.45, 2.75) is 6.92 Å². The summed E-state index contributed by atoms with van der Waals surface area (Å²) in [5.41, 5.74) is 4.31. The van der Waals surface area contributed by atoms with Gasteiger partial charge in [0.1, 0.15) is 0 Å². The zero-order valence-corrected chi connectivity index (χ0v) is 15.7. The molecule has 1 aromatic heterocycles. The molecular weight excluding hydrogens is 350 g/mol. The molecule has 5 nitrogen and oxygen atoms in total. The maximum atomic E-state index is 13.1. The van der Waals surface area contributed by atoms with Crippen molar-refractivity contribution in [2.75, 3.05) is 11.9 Å². The molecule has 0 unspecified atom stereocenters. The van der Waals surface area contributed by atoms with Gasteiger partial charge in [-0.1, -0.05) is 53.7 Å². The molecule has 138 valence electrons. The van der Waals surface area contributed by atoms with E-state index in [1.165, 1.54) is 0 Å². The highest BCUT2D eigenvalue weighted by molar-refractivity contribution is 6.07. The highest BCUT2D eigenvalue weighted by Crippen LogP contribution is 2.31. The van der Waals surface area contributed by atoms with Crippen molar-refractivity contribution in [3.8, 4) is 22.6 Å². The molecule has 1 amide bonds. The van der Waals surface area contributed by atoms with Gasteiger partial charge in [-0.05, 0) is 42.8 Å². The maximum Gasteiger partial charge on any atom is 0.258 e. The summed E-state index contributed by atoms with van der Waals surface area (Å²) >= 11 is 0. The van der Waals surface area contributed by atoms with Crippen LogP contribution in [0.25, 0.3) is 22.6 Å². The van der Waals surface area contributed by atoms with E-state index in [2.05, 4.69) is 10.1 Å². The van der Waals surface area contributed by atoms with Crippen LogP contribution in [0.4, 0.5) is 5.69 Å². The molecule has 0 saturated carbocycles. The van der Waals surface area contributed by atoms with Crippen LogP contribution >= 0.6 is 0 Å². The minimum Gasteiger partial charge on any atom is -0.334 e. The summed E-state index contributed by atoms with van der Waals surface area (Å²) < 4.78 is 5.18. The smallest absolute Gasteiger partial charge is 0.258 e. The zero-order valence-electron chi connectivity index (χ0n) is 15.7. The molecule has 4 rings (SSSR count). The molecule has 0 spiro atoms. The summed E-state index contributed by atoms with van der Waals surface area (Å²) in [5.74, 6) is 0.934. The van der Waals surface area contributed by atoms with Crippen molar-refractivity contribution in [1.29, 1.82) is 0 Å². The van der Waals surface area contributed by atoms with Crippen LogP contribution in [-0.2, 0) is 0 Å². The second-order valence-corrected chi connectivity index (χ2v) is 6.47. The molecule has 3 aromatic carbocycles. The van der Waals surface area contributed by atoms with Gasteiger partial charge in [0.05, 0.1) is 5.69 Å². The van der Waals surface area contributed by atoms with Crippen LogP contribution in [0.3, 0.4) is 0 Å². The van der Waals surface area contributed by atoms with Gasteiger partial charge in [0.2, 0.25) is 0 Å². The minimum atomic E-state index is -0.0864. The van der Waals surface area contributed by atoms with E-state index in [9.17, 15) is 4.79 Å². The van der Waals surface area contributed by atoms with Gasteiger partial charge in [-0.3, -0.25) is 4.79 Å². The van der Waals surface area contributed by atoms with Gasteiger partial charge >= 0.3 is 0 Å². The molecule has 0 radical (unpaired) electrons. The first-order chi connectivity index (χ1) is 13.6. The fourth-order valence-electron chi connectivity index (χ4n) is 3.10. The van der Waals surface area contributed by atoms with Crippen LogP contribution in [0.2, 0.25) is 0 Å². The number of para-hydroxylation sites is 1. The quantitative estimate of drug-likeness (QED) is 0.508. The molecular formula is C23H19N3O2. The lowest BCUT2D eigenvalue weighted by atomic mass is 10.0. The normalized spacial score (nSPS) is 10.6. The summed E-state index contributed by atoms with van der Waals surface area (Å²) in [7, 11) is 1.79. The van der Waals surface area contributed by atoms with Crippen LogP contribution in [0.1, 0.15) is 16.2 Å². The van der Waals surface area contributed by atoms with E-state index in [1.807, 2.05) is 66.7 Å². The Labute approximate surface area is 163 Å². The largest absolute Gasteiger partial charge is 0.334 e. The Hall–Kier alpha value is -3.73. The highest BCUT2D eigenvalue weighted by atomic mass is 16.5. The van der Waals surface area contributed by atoms with E-state index >= 15 is 0 Å². The van der Waals surface area contributed by atoms with Crippen LogP contribution in [0, 0.1) is 6.92 Å².